The van der Waals surface area contributed by atoms with E-state index in [9.17, 15) is 14.9 Å². The first-order valence-electron chi connectivity index (χ1n) is 5.91. The molecule has 2 aromatic heterocycles. The molecule has 0 saturated carbocycles. The summed E-state index contributed by atoms with van der Waals surface area (Å²) in [7, 11) is 4.57. The predicted molar refractivity (Wildman–Crippen MR) is 72.5 cm³/mol. The largest absolute Gasteiger partial charge is 0.467 e. The van der Waals surface area contributed by atoms with Crippen molar-refractivity contribution in [2.24, 2.45) is 14.1 Å². The molecule has 0 N–H and O–H groups in total. The Morgan fingerprint density at radius 1 is 1.35 bits per heavy atom. The third-order valence-electron chi connectivity index (χ3n) is 3.08. The highest BCUT2D eigenvalue weighted by molar-refractivity contribution is 5.52. The van der Waals surface area contributed by atoms with Crippen molar-refractivity contribution in [3.63, 3.8) is 0 Å². The fourth-order valence-corrected chi connectivity index (χ4v) is 2.09. The molecule has 0 radical (unpaired) electrons. The number of aromatic nitrogens is 2. The van der Waals surface area contributed by atoms with Gasteiger partial charge in [0.1, 0.15) is 17.6 Å². The van der Waals surface area contributed by atoms with Gasteiger partial charge in [-0.25, -0.2) is 4.79 Å². The summed E-state index contributed by atoms with van der Waals surface area (Å²) in [6.45, 7) is 0.349. The summed E-state index contributed by atoms with van der Waals surface area (Å²) >= 11 is 0. The lowest BCUT2D eigenvalue weighted by Gasteiger charge is -2.22. The van der Waals surface area contributed by atoms with Crippen LogP contribution >= 0.6 is 0 Å². The van der Waals surface area contributed by atoms with Crippen LogP contribution in [0.5, 0.6) is 0 Å². The zero-order valence-electron chi connectivity index (χ0n) is 11.5. The zero-order chi connectivity index (χ0) is 14.9. The minimum absolute atomic E-state index is 0.0661. The highest BCUT2D eigenvalue weighted by Crippen LogP contribution is 2.15. The monoisotopic (exact) mass is 274 g/mol. The summed E-state index contributed by atoms with van der Waals surface area (Å²) in [6, 6.07) is 5.39. The second kappa shape index (κ2) is 5.09. The normalized spacial score (nSPS) is 10.3. The van der Waals surface area contributed by atoms with Crippen LogP contribution in [-0.4, -0.2) is 16.2 Å². The second-order valence-corrected chi connectivity index (χ2v) is 4.45. The molecule has 0 unspecified atom stereocenters. The Balaban J connectivity index is 2.59. The molecular weight excluding hydrogens is 260 g/mol. The maximum Gasteiger partial charge on any atom is 0.332 e. The number of rotatable bonds is 3. The number of anilines is 1. The van der Waals surface area contributed by atoms with E-state index in [-0.39, 0.29) is 11.4 Å². The van der Waals surface area contributed by atoms with Gasteiger partial charge in [0.15, 0.2) is 5.56 Å². The van der Waals surface area contributed by atoms with Crippen molar-refractivity contribution in [3.05, 3.63) is 50.6 Å². The van der Waals surface area contributed by atoms with Gasteiger partial charge in [0.25, 0.3) is 5.56 Å². The molecule has 0 saturated heterocycles. The molecule has 20 heavy (non-hydrogen) atoms. The third-order valence-corrected chi connectivity index (χ3v) is 3.08. The maximum absolute atomic E-state index is 12.0. The Morgan fingerprint density at radius 3 is 2.60 bits per heavy atom. The van der Waals surface area contributed by atoms with Gasteiger partial charge in [-0.15, -0.1) is 0 Å². The minimum atomic E-state index is -0.600. The highest BCUT2D eigenvalue weighted by atomic mass is 16.3. The minimum Gasteiger partial charge on any atom is -0.467 e. The molecule has 2 rings (SSSR count). The molecule has 0 aliphatic carbocycles. The molecule has 0 atom stereocenters. The van der Waals surface area contributed by atoms with Gasteiger partial charge in [-0.1, -0.05) is 0 Å². The summed E-state index contributed by atoms with van der Waals surface area (Å²) in [5, 5.41) is 9.19. The van der Waals surface area contributed by atoms with E-state index in [0.717, 1.165) is 4.57 Å². The number of nitriles is 1. The molecule has 0 fully saturated rings. The van der Waals surface area contributed by atoms with E-state index in [1.54, 1.807) is 24.1 Å². The van der Waals surface area contributed by atoms with Crippen LogP contribution in [0, 0.1) is 11.3 Å². The van der Waals surface area contributed by atoms with Crippen LogP contribution in [-0.2, 0) is 20.6 Å². The van der Waals surface area contributed by atoms with Gasteiger partial charge in [-0.05, 0) is 12.1 Å². The molecular formula is C13H14N4O3. The molecule has 0 aliphatic heterocycles. The molecule has 0 aromatic carbocycles. The average molecular weight is 274 g/mol. The summed E-state index contributed by atoms with van der Waals surface area (Å²) in [5.74, 6) is 0.946. The van der Waals surface area contributed by atoms with Crippen molar-refractivity contribution < 1.29 is 4.42 Å². The van der Waals surface area contributed by atoms with Crippen molar-refractivity contribution in [2.45, 2.75) is 6.54 Å². The Kier molecular flexibility index (Phi) is 3.48. The van der Waals surface area contributed by atoms with Gasteiger partial charge in [-0.3, -0.25) is 13.9 Å². The number of hydrogen-bond donors (Lipinski definition) is 0. The molecule has 7 nitrogen and oxygen atoms in total. The van der Waals surface area contributed by atoms with E-state index in [2.05, 4.69) is 0 Å². The maximum atomic E-state index is 12.0. The zero-order valence-corrected chi connectivity index (χ0v) is 11.5. The topological polar surface area (TPSA) is 84.2 Å². The first kappa shape index (κ1) is 13.7. The SMILES string of the molecule is CN(Cc1ccco1)c1c(C#N)c(=O)n(C)c(=O)n1C. The van der Waals surface area contributed by atoms with E-state index in [1.807, 2.05) is 6.07 Å². The van der Waals surface area contributed by atoms with Crippen LogP contribution in [0.1, 0.15) is 11.3 Å². The first-order chi connectivity index (χ1) is 9.47. The summed E-state index contributed by atoms with van der Waals surface area (Å²) in [6.07, 6.45) is 1.54. The number of furan rings is 1. The summed E-state index contributed by atoms with van der Waals surface area (Å²) in [4.78, 5) is 25.6. The van der Waals surface area contributed by atoms with Crippen LogP contribution in [0.4, 0.5) is 5.82 Å². The van der Waals surface area contributed by atoms with Crippen molar-refractivity contribution in [1.29, 1.82) is 5.26 Å². The van der Waals surface area contributed by atoms with E-state index in [4.69, 9.17) is 4.42 Å². The van der Waals surface area contributed by atoms with Gasteiger partial charge < -0.3 is 9.32 Å². The fourth-order valence-electron chi connectivity index (χ4n) is 2.09. The Labute approximate surface area is 114 Å². The van der Waals surface area contributed by atoms with E-state index < -0.39 is 11.2 Å². The Bertz CT molecular complexity index is 778. The molecule has 0 bridgehead atoms. The van der Waals surface area contributed by atoms with E-state index >= 15 is 0 Å². The molecule has 2 heterocycles. The summed E-state index contributed by atoms with van der Waals surface area (Å²) in [5.41, 5.74) is -1.14. The van der Waals surface area contributed by atoms with Gasteiger partial charge in [0, 0.05) is 21.1 Å². The van der Waals surface area contributed by atoms with Crippen molar-refractivity contribution in [2.75, 3.05) is 11.9 Å². The Hall–Kier alpha value is -2.75. The Morgan fingerprint density at radius 2 is 2.05 bits per heavy atom. The number of hydrogen-bond acceptors (Lipinski definition) is 5. The lowest BCUT2D eigenvalue weighted by Crippen LogP contribution is -2.41. The highest BCUT2D eigenvalue weighted by Gasteiger charge is 2.19. The van der Waals surface area contributed by atoms with E-state index in [0.29, 0.717) is 12.3 Å². The van der Waals surface area contributed by atoms with Gasteiger partial charge >= 0.3 is 5.69 Å². The van der Waals surface area contributed by atoms with Crippen LogP contribution in [0.15, 0.2) is 32.4 Å². The average Bonchev–Trinajstić information content (AvgIpc) is 2.92. The van der Waals surface area contributed by atoms with Crippen molar-refractivity contribution >= 4 is 5.82 Å². The molecule has 0 aliphatic rings. The van der Waals surface area contributed by atoms with Crippen LogP contribution in [0.25, 0.3) is 0 Å². The molecule has 7 heteroatoms. The fraction of sp³-hybridized carbons (Fsp3) is 0.308. The standard InChI is InChI=1S/C13H14N4O3/c1-15(8-9-5-4-6-20-9)11-10(7-14)12(18)17(3)13(19)16(11)2/h4-6H,8H2,1-3H3. The van der Waals surface area contributed by atoms with Gasteiger partial charge in [-0.2, -0.15) is 5.26 Å². The predicted octanol–water partition coefficient (Wildman–Crippen LogP) is 0.185. The van der Waals surface area contributed by atoms with Crippen LogP contribution < -0.4 is 16.1 Å². The van der Waals surface area contributed by atoms with Crippen LogP contribution in [0.2, 0.25) is 0 Å². The summed E-state index contributed by atoms with van der Waals surface area (Å²) < 4.78 is 7.43. The molecule has 104 valence electrons. The van der Waals surface area contributed by atoms with E-state index in [1.165, 1.54) is 24.9 Å². The second-order valence-electron chi connectivity index (χ2n) is 4.45. The van der Waals surface area contributed by atoms with Crippen molar-refractivity contribution in [3.8, 4) is 6.07 Å². The van der Waals surface area contributed by atoms with Gasteiger partial charge in [0.05, 0.1) is 12.8 Å². The van der Waals surface area contributed by atoms with Crippen LogP contribution in [0.3, 0.4) is 0 Å². The smallest absolute Gasteiger partial charge is 0.332 e. The number of nitrogens with zero attached hydrogens (tertiary/aromatic N) is 4. The quantitative estimate of drug-likeness (QED) is 0.797. The molecule has 2 aromatic rings. The van der Waals surface area contributed by atoms with Crippen molar-refractivity contribution in [1.82, 2.24) is 9.13 Å². The molecule has 0 amide bonds. The lowest BCUT2D eigenvalue weighted by molar-refractivity contribution is 0.504. The molecule has 0 spiro atoms. The first-order valence-corrected chi connectivity index (χ1v) is 5.91. The van der Waals surface area contributed by atoms with Gasteiger partial charge in [0.2, 0.25) is 0 Å². The lowest BCUT2D eigenvalue weighted by atomic mass is 10.3. The third kappa shape index (κ3) is 2.12.